The number of aryl methyl sites for hydroxylation is 1. The molecule has 0 unspecified atom stereocenters. The normalized spacial score (nSPS) is 10.4. The van der Waals surface area contributed by atoms with Crippen LogP contribution in [0.5, 0.6) is 11.5 Å². The van der Waals surface area contributed by atoms with Crippen LogP contribution in [-0.2, 0) is 0 Å². The molecule has 0 aromatic heterocycles. The zero-order valence-electron chi connectivity index (χ0n) is 10.3. The molecule has 2 rings (SSSR count). The van der Waals surface area contributed by atoms with Gasteiger partial charge in [0.1, 0.15) is 11.6 Å². The second-order valence-electron chi connectivity index (χ2n) is 4.09. The zero-order chi connectivity index (χ0) is 14.9. The average molecular weight is 282 g/mol. The highest BCUT2D eigenvalue weighted by molar-refractivity contribution is 5.87. The molecule has 0 aliphatic carbocycles. The maximum Gasteiger partial charge on any atom is 0.335 e. The molecule has 104 valence electrons. The molecule has 6 heteroatoms. The molecule has 0 bridgehead atoms. The van der Waals surface area contributed by atoms with Crippen molar-refractivity contribution in [1.29, 1.82) is 0 Å². The van der Waals surface area contributed by atoms with Gasteiger partial charge in [-0.25, -0.2) is 18.0 Å². The molecule has 3 nitrogen and oxygen atoms in total. The third-order valence-corrected chi connectivity index (χ3v) is 2.61. The molecule has 0 aliphatic rings. The first kappa shape index (κ1) is 13.9. The fourth-order valence-electron chi connectivity index (χ4n) is 1.54. The van der Waals surface area contributed by atoms with Gasteiger partial charge in [-0.1, -0.05) is 6.07 Å². The van der Waals surface area contributed by atoms with E-state index in [2.05, 4.69) is 0 Å². The van der Waals surface area contributed by atoms with Crippen molar-refractivity contribution < 1.29 is 27.8 Å². The summed E-state index contributed by atoms with van der Waals surface area (Å²) in [4.78, 5) is 10.6. The number of hydrogen-bond acceptors (Lipinski definition) is 2. The van der Waals surface area contributed by atoms with Crippen LogP contribution in [0.4, 0.5) is 13.2 Å². The van der Waals surface area contributed by atoms with Crippen LogP contribution < -0.4 is 4.74 Å². The lowest BCUT2D eigenvalue weighted by Gasteiger charge is -2.09. The standard InChI is InChI=1S/C14H9F3O3/c1-7-2-3-9(6-10(7)15)20-13-11(16)4-8(14(18)19)5-12(13)17/h2-6H,1H3,(H,18,19). The number of aromatic carboxylic acids is 1. The Balaban J connectivity index is 2.38. The first-order chi connectivity index (χ1) is 9.38. The number of carboxylic acids is 1. The summed E-state index contributed by atoms with van der Waals surface area (Å²) in [6.45, 7) is 1.53. The molecule has 0 fully saturated rings. The first-order valence-electron chi connectivity index (χ1n) is 5.55. The number of rotatable bonds is 3. The maximum absolute atomic E-state index is 13.6. The molecular weight excluding hydrogens is 273 g/mol. The lowest BCUT2D eigenvalue weighted by atomic mass is 10.2. The highest BCUT2D eigenvalue weighted by Crippen LogP contribution is 2.29. The van der Waals surface area contributed by atoms with Gasteiger partial charge in [0.2, 0.25) is 0 Å². The lowest BCUT2D eigenvalue weighted by molar-refractivity contribution is 0.0695. The summed E-state index contributed by atoms with van der Waals surface area (Å²) in [6.07, 6.45) is 0. The maximum atomic E-state index is 13.6. The summed E-state index contributed by atoms with van der Waals surface area (Å²) in [5.74, 6) is -5.26. The van der Waals surface area contributed by atoms with Crippen LogP contribution in [0.1, 0.15) is 15.9 Å². The van der Waals surface area contributed by atoms with E-state index in [1.54, 1.807) is 0 Å². The summed E-state index contributed by atoms with van der Waals surface area (Å²) in [5.41, 5.74) is -0.179. The molecule has 2 aromatic carbocycles. The Bertz CT molecular complexity index is 660. The van der Waals surface area contributed by atoms with E-state index in [1.807, 2.05) is 0 Å². The predicted octanol–water partition coefficient (Wildman–Crippen LogP) is 3.90. The van der Waals surface area contributed by atoms with Crippen molar-refractivity contribution in [2.75, 3.05) is 0 Å². The highest BCUT2D eigenvalue weighted by Gasteiger charge is 2.17. The lowest BCUT2D eigenvalue weighted by Crippen LogP contribution is -2.01. The van der Waals surface area contributed by atoms with Crippen molar-refractivity contribution in [2.24, 2.45) is 0 Å². The SMILES string of the molecule is Cc1ccc(Oc2c(F)cc(C(=O)O)cc2F)cc1F. The van der Waals surface area contributed by atoms with Crippen LogP contribution in [0.2, 0.25) is 0 Å². The Morgan fingerprint density at radius 2 is 1.65 bits per heavy atom. The van der Waals surface area contributed by atoms with E-state index in [0.29, 0.717) is 17.7 Å². The van der Waals surface area contributed by atoms with E-state index in [1.165, 1.54) is 19.1 Å². The second kappa shape index (κ2) is 5.24. The largest absolute Gasteiger partial charge is 0.478 e. The van der Waals surface area contributed by atoms with Crippen LogP contribution in [0, 0.1) is 24.4 Å². The minimum atomic E-state index is -1.46. The summed E-state index contributed by atoms with van der Waals surface area (Å²) < 4.78 is 45.5. The van der Waals surface area contributed by atoms with Gasteiger partial charge < -0.3 is 9.84 Å². The number of benzene rings is 2. The Labute approximate surface area is 112 Å². The highest BCUT2D eigenvalue weighted by atomic mass is 19.1. The van der Waals surface area contributed by atoms with Gasteiger partial charge in [0, 0.05) is 6.07 Å². The van der Waals surface area contributed by atoms with Gasteiger partial charge in [-0.15, -0.1) is 0 Å². The molecule has 2 aromatic rings. The topological polar surface area (TPSA) is 46.5 Å². The first-order valence-corrected chi connectivity index (χ1v) is 5.55. The molecular formula is C14H9F3O3. The van der Waals surface area contributed by atoms with E-state index in [9.17, 15) is 18.0 Å². The number of carbonyl (C=O) groups is 1. The summed E-state index contributed by atoms with van der Waals surface area (Å²) in [5, 5.41) is 8.66. The van der Waals surface area contributed by atoms with Crippen molar-refractivity contribution >= 4 is 5.97 Å². The molecule has 0 aliphatic heterocycles. The Morgan fingerprint density at radius 1 is 1.05 bits per heavy atom. The van der Waals surface area contributed by atoms with Crippen molar-refractivity contribution in [3.63, 3.8) is 0 Å². The molecule has 20 heavy (non-hydrogen) atoms. The number of hydrogen-bond donors (Lipinski definition) is 1. The van der Waals surface area contributed by atoms with Crippen LogP contribution in [0.3, 0.4) is 0 Å². The third kappa shape index (κ3) is 2.74. The van der Waals surface area contributed by atoms with Crippen LogP contribution in [0.15, 0.2) is 30.3 Å². The molecule has 0 atom stereocenters. The van der Waals surface area contributed by atoms with Crippen molar-refractivity contribution in [2.45, 2.75) is 6.92 Å². The predicted molar refractivity (Wildman–Crippen MR) is 64.5 cm³/mol. The fraction of sp³-hybridized carbons (Fsp3) is 0.0714. The van der Waals surface area contributed by atoms with Crippen molar-refractivity contribution in [3.8, 4) is 11.5 Å². The van der Waals surface area contributed by atoms with E-state index in [0.717, 1.165) is 6.07 Å². The summed E-state index contributed by atoms with van der Waals surface area (Å²) in [7, 11) is 0. The summed E-state index contributed by atoms with van der Waals surface area (Å²) >= 11 is 0. The van der Waals surface area contributed by atoms with Gasteiger partial charge in [0.25, 0.3) is 0 Å². The Kier molecular flexibility index (Phi) is 3.65. The van der Waals surface area contributed by atoms with E-state index < -0.39 is 34.7 Å². The molecule has 0 heterocycles. The van der Waals surface area contributed by atoms with Crippen molar-refractivity contribution in [1.82, 2.24) is 0 Å². The molecule has 0 radical (unpaired) electrons. The van der Waals surface area contributed by atoms with Gasteiger partial charge in [-0.3, -0.25) is 0 Å². The van der Waals surface area contributed by atoms with Crippen molar-refractivity contribution in [3.05, 3.63) is 58.9 Å². The fourth-order valence-corrected chi connectivity index (χ4v) is 1.54. The van der Waals surface area contributed by atoms with Gasteiger partial charge in [0.15, 0.2) is 17.4 Å². The molecule has 0 amide bonds. The zero-order valence-corrected chi connectivity index (χ0v) is 10.3. The Morgan fingerprint density at radius 3 is 2.15 bits per heavy atom. The minimum absolute atomic E-state index is 0.0889. The molecule has 0 saturated heterocycles. The van der Waals surface area contributed by atoms with Gasteiger partial charge in [-0.05, 0) is 30.7 Å². The smallest absolute Gasteiger partial charge is 0.335 e. The summed E-state index contributed by atoms with van der Waals surface area (Å²) in [6, 6.07) is 4.99. The number of ether oxygens (including phenoxy) is 1. The minimum Gasteiger partial charge on any atom is -0.478 e. The van der Waals surface area contributed by atoms with Gasteiger partial charge in [0.05, 0.1) is 5.56 Å². The molecule has 1 N–H and O–H groups in total. The number of carboxylic acid groups (broad SMARTS) is 1. The molecule has 0 saturated carbocycles. The molecule has 0 spiro atoms. The van der Waals surface area contributed by atoms with Crippen LogP contribution >= 0.6 is 0 Å². The van der Waals surface area contributed by atoms with Gasteiger partial charge >= 0.3 is 5.97 Å². The van der Waals surface area contributed by atoms with Crippen LogP contribution in [0.25, 0.3) is 0 Å². The third-order valence-electron chi connectivity index (χ3n) is 2.61. The second-order valence-corrected chi connectivity index (χ2v) is 4.09. The number of halogens is 3. The monoisotopic (exact) mass is 282 g/mol. The van der Waals surface area contributed by atoms with E-state index >= 15 is 0 Å². The average Bonchev–Trinajstić information content (AvgIpc) is 2.37. The van der Waals surface area contributed by atoms with E-state index in [-0.39, 0.29) is 5.75 Å². The Hall–Kier alpha value is -2.50. The van der Waals surface area contributed by atoms with Gasteiger partial charge in [-0.2, -0.15) is 0 Å². The van der Waals surface area contributed by atoms with Crippen LogP contribution in [-0.4, -0.2) is 11.1 Å². The van der Waals surface area contributed by atoms with E-state index in [4.69, 9.17) is 9.84 Å². The quantitative estimate of drug-likeness (QED) is 0.928.